The van der Waals surface area contributed by atoms with Crippen molar-refractivity contribution in [3.05, 3.63) is 47.5 Å². The van der Waals surface area contributed by atoms with Crippen LogP contribution < -0.4 is 5.73 Å². The number of halogens is 2. The van der Waals surface area contributed by atoms with Gasteiger partial charge in [-0.15, -0.1) is 0 Å². The van der Waals surface area contributed by atoms with Gasteiger partial charge in [-0.25, -0.2) is 13.8 Å². The highest BCUT2D eigenvalue weighted by atomic mass is 19.2. The lowest BCUT2D eigenvalue weighted by atomic mass is 10.1. The van der Waals surface area contributed by atoms with E-state index in [1.165, 1.54) is 0 Å². The lowest BCUT2D eigenvalue weighted by Crippen LogP contribution is -1.99. The van der Waals surface area contributed by atoms with Gasteiger partial charge in [0.25, 0.3) is 0 Å². The molecule has 3 rings (SSSR count). The van der Waals surface area contributed by atoms with Crippen molar-refractivity contribution in [1.82, 2.24) is 9.55 Å². The number of anilines is 1. The lowest BCUT2D eigenvalue weighted by molar-refractivity contribution is 0.509. The van der Waals surface area contributed by atoms with Crippen molar-refractivity contribution in [2.24, 2.45) is 7.05 Å². The maximum Gasteiger partial charge on any atom is 0.160 e. The Balaban J connectivity index is 2.30. The van der Waals surface area contributed by atoms with Crippen molar-refractivity contribution in [2.45, 2.75) is 6.92 Å². The molecule has 0 aliphatic heterocycles. The van der Waals surface area contributed by atoms with E-state index in [1.807, 2.05) is 36.7 Å². The Morgan fingerprint density at radius 2 is 1.80 bits per heavy atom. The number of imidazole rings is 1. The summed E-state index contributed by atoms with van der Waals surface area (Å²) in [4.78, 5) is 4.47. The molecule has 0 radical (unpaired) electrons. The minimum atomic E-state index is -0.958. The third-order valence-electron chi connectivity index (χ3n) is 3.37. The monoisotopic (exact) mass is 273 g/mol. The van der Waals surface area contributed by atoms with E-state index < -0.39 is 11.6 Å². The smallest absolute Gasteiger partial charge is 0.160 e. The summed E-state index contributed by atoms with van der Waals surface area (Å²) in [5, 5.41) is 0. The van der Waals surface area contributed by atoms with Gasteiger partial charge >= 0.3 is 0 Å². The van der Waals surface area contributed by atoms with Gasteiger partial charge in [0.2, 0.25) is 0 Å². The van der Waals surface area contributed by atoms with Crippen LogP contribution >= 0.6 is 0 Å². The Bertz CT molecular complexity index is 822. The molecule has 1 heterocycles. The Morgan fingerprint density at radius 1 is 1.10 bits per heavy atom. The van der Waals surface area contributed by atoms with E-state index in [2.05, 4.69) is 4.98 Å². The fraction of sp³-hybridized carbons (Fsp3) is 0.133. The molecule has 2 aromatic carbocycles. The van der Waals surface area contributed by atoms with E-state index in [-0.39, 0.29) is 5.69 Å². The van der Waals surface area contributed by atoms with Gasteiger partial charge in [0.1, 0.15) is 5.82 Å². The molecule has 0 unspecified atom stereocenters. The molecule has 2 N–H and O–H groups in total. The third kappa shape index (κ3) is 1.82. The van der Waals surface area contributed by atoms with Gasteiger partial charge in [0, 0.05) is 24.4 Å². The number of aryl methyl sites for hydroxylation is 2. The molecular weight excluding hydrogens is 260 g/mol. The first-order valence-electron chi connectivity index (χ1n) is 6.15. The first-order chi connectivity index (χ1) is 9.47. The van der Waals surface area contributed by atoms with Crippen molar-refractivity contribution in [3.63, 3.8) is 0 Å². The molecule has 1 aromatic heterocycles. The first-order valence-corrected chi connectivity index (χ1v) is 6.15. The van der Waals surface area contributed by atoms with Crippen molar-refractivity contribution >= 4 is 16.7 Å². The highest BCUT2D eigenvalue weighted by Crippen LogP contribution is 2.30. The third-order valence-corrected chi connectivity index (χ3v) is 3.37. The Morgan fingerprint density at radius 3 is 2.55 bits per heavy atom. The zero-order chi connectivity index (χ0) is 14.4. The Hall–Kier alpha value is -2.43. The second kappa shape index (κ2) is 4.30. The van der Waals surface area contributed by atoms with Gasteiger partial charge in [-0.05, 0) is 30.7 Å². The molecule has 102 valence electrons. The number of hydrogen-bond donors (Lipinski definition) is 1. The summed E-state index contributed by atoms with van der Waals surface area (Å²) in [5.41, 5.74) is 9.13. The van der Waals surface area contributed by atoms with Crippen LogP contribution in [0.1, 0.15) is 5.56 Å². The number of hydrogen-bond acceptors (Lipinski definition) is 2. The second-order valence-corrected chi connectivity index (χ2v) is 4.84. The maximum absolute atomic E-state index is 13.4. The zero-order valence-corrected chi connectivity index (χ0v) is 11.1. The fourth-order valence-electron chi connectivity index (χ4n) is 2.31. The van der Waals surface area contributed by atoms with E-state index in [4.69, 9.17) is 5.73 Å². The molecule has 0 bridgehead atoms. The van der Waals surface area contributed by atoms with Crippen molar-refractivity contribution < 1.29 is 8.78 Å². The van der Waals surface area contributed by atoms with E-state index in [0.717, 1.165) is 28.7 Å². The van der Waals surface area contributed by atoms with Gasteiger partial charge < -0.3 is 10.3 Å². The number of rotatable bonds is 1. The van der Waals surface area contributed by atoms with E-state index >= 15 is 0 Å². The number of nitrogens with two attached hydrogens (primary N) is 1. The molecule has 0 saturated carbocycles. The molecule has 0 atom stereocenters. The van der Waals surface area contributed by atoms with Gasteiger partial charge in [-0.2, -0.15) is 0 Å². The minimum Gasteiger partial charge on any atom is -0.398 e. The van der Waals surface area contributed by atoms with Crippen LogP contribution in [0.15, 0.2) is 30.3 Å². The van der Waals surface area contributed by atoms with Crippen LogP contribution in [0.2, 0.25) is 0 Å². The summed E-state index contributed by atoms with van der Waals surface area (Å²) in [6.45, 7) is 1.97. The average molecular weight is 273 g/mol. The summed E-state index contributed by atoms with van der Waals surface area (Å²) in [5.74, 6) is -1.37. The SMILES string of the molecule is Cc1ccc2c(c1)nc(-c1cc(F)c(F)cc1N)n2C. The summed E-state index contributed by atoms with van der Waals surface area (Å²) in [6.07, 6.45) is 0. The van der Waals surface area contributed by atoms with E-state index in [1.54, 1.807) is 0 Å². The fourth-order valence-corrected chi connectivity index (χ4v) is 2.31. The number of nitrogen functional groups attached to an aromatic ring is 1. The molecule has 0 saturated heterocycles. The summed E-state index contributed by atoms with van der Waals surface area (Å²) < 4.78 is 28.4. The molecule has 5 heteroatoms. The molecule has 0 spiro atoms. The zero-order valence-electron chi connectivity index (χ0n) is 11.1. The highest BCUT2D eigenvalue weighted by Gasteiger charge is 2.15. The van der Waals surface area contributed by atoms with Crippen LogP contribution in [0.4, 0.5) is 14.5 Å². The van der Waals surface area contributed by atoms with Crippen LogP contribution in [-0.2, 0) is 7.05 Å². The first kappa shape index (κ1) is 12.6. The molecular formula is C15H13F2N3. The van der Waals surface area contributed by atoms with Crippen molar-refractivity contribution in [1.29, 1.82) is 0 Å². The number of aromatic nitrogens is 2. The Labute approximate surface area is 114 Å². The van der Waals surface area contributed by atoms with Crippen LogP contribution in [0.25, 0.3) is 22.4 Å². The van der Waals surface area contributed by atoms with Gasteiger partial charge in [0.05, 0.1) is 11.0 Å². The highest BCUT2D eigenvalue weighted by molar-refractivity contribution is 5.84. The topological polar surface area (TPSA) is 43.8 Å². The van der Waals surface area contributed by atoms with Crippen LogP contribution in [0.3, 0.4) is 0 Å². The number of fused-ring (bicyclic) bond motifs is 1. The average Bonchev–Trinajstić information content (AvgIpc) is 2.70. The summed E-state index contributed by atoms with van der Waals surface area (Å²) in [7, 11) is 1.82. The molecule has 0 amide bonds. The van der Waals surface area contributed by atoms with Crippen molar-refractivity contribution in [2.75, 3.05) is 5.73 Å². The van der Waals surface area contributed by atoms with E-state index in [0.29, 0.717) is 11.4 Å². The van der Waals surface area contributed by atoms with Gasteiger partial charge in [-0.1, -0.05) is 6.07 Å². The largest absolute Gasteiger partial charge is 0.398 e. The standard InChI is InChI=1S/C15H13F2N3/c1-8-3-4-14-13(5-8)19-15(20(14)2)9-6-10(16)11(17)7-12(9)18/h3-7H,18H2,1-2H3. The maximum atomic E-state index is 13.4. The van der Waals surface area contributed by atoms with Crippen LogP contribution in [0.5, 0.6) is 0 Å². The quantitative estimate of drug-likeness (QED) is 0.690. The summed E-state index contributed by atoms with van der Waals surface area (Å²) in [6, 6.07) is 7.92. The number of benzene rings is 2. The molecule has 0 aliphatic carbocycles. The summed E-state index contributed by atoms with van der Waals surface area (Å²) >= 11 is 0. The predicted octanol–water partition coefficient (Wildman–Crippen LogP) is 3.41. The van der Waals surface area contributed by atoms with Gasteiger partial charge in [0.15, 0.2) is 11.6 Å². The number of nitrogens with zero attached hydrogens (tertiary/aromatic N) is 2. The molecule has 3 nitrogen and oxygen atoms in total. The molecule has 0 aliphatic rings. The van der Waals surface area contributed by atoms with E-state index in [9.17, 15) is 8.78 Å². The Kier molecular flexibility index (Phi) is 2.71. The van der Waals surface area contributed by atoms with Crippen molar-refractivity contribution in [3.8, 4) is 11.4 Å². The minimum absolute atomic E-state index is 0.166. The molecule has 3 aromatic rings. The lowest BCUT2D eigenvalue weighted by Gasteiger charge is -2.06. The van der Waals surface area contributed by atoms with Gasteiger partial charge in [-0.3, -0.25) is 0 Å². The van der Waals surface area contributed by atoms with Crippen LogP contribution in [-0.4, -0.2) is 9.55 Å². The molecule has 20 heavy (non-hydrogen) atoms. The van der Waals surface area contributed by atoms with Crippen LogP contribution in [0, 0.1) is 18.6 Å². The second-order valence-electron chi connectivity index (χ2n) is 4.84. The molecule has 0 fully saturated rings. The normalized spacial score (nSPS) is 11.2. The predicted molar refractivity (Wildman–Crippen MR) is 75.2 cm³/mol.